The first-order chi connectivity index (χ1) is 7.65. The van der Waals surface area contributed by atoms with E-state index >= 15 is 0 Å². The van der Waals surface area contributed by atoms with Crippen molar-refractivity contribution in [2.24, 2.45) is 0 Å². The molecule has 0 spiro atoms. The molecule has 0 saturated carbocycles. The Labute approximate surface area is 122 Å². The molecule has 0 aliphatic heterocycles. The summed E-state index contributed by atoms with van der Waals surface area (Å²) in [7, 11) is 0. The van der Waals surface area contributed by atoms with Gasteiger partial charge in [0.25, 0.3) is 0 Å². The van der Waals surface area contributed by atoms with Gasteiger partial charge in [0.15, 0.2) is 0 Å². The first-order valence-electron chi connectivity index (χ1n) is 5.28. The maximum atomic E-state index is 10.9. The fraction of sp³-hybridized carbons (Fsp3) is 0.214. The Morgan fingerprint density at radius 1 is 1.41 bits per heavy atom. The van der Waals surface area contributed by atoms with Gasteiger partial charge in [-0.3, -0.25) is 0 Å². The van der Waals surface area contributed by atoms with E-state index in [9.17, 15) is 4.79 Å². The van der Waals surface area contributed by atoms with Gasteiger partial charge in [0.1, 0.15) is 0 Å². The van der Waals surface area contributed by atoms with Gasteiger partial charge in [-0.05, 0) is 6.92 Å². The van der Waals surface area contributed by atoms with E-state index in [2.05, 4.69) is 22.9 Å². The second kappa shape index (κ2) is 8.46. The SMILES string of the molecule is Br[c-]1[cH-][cH-][cH-][cH-]1.CC[c-]1cccc1C(C)=O.[Fe]. The molecule has 98 valence electrons. The fourth-order valence-corrected chi connectivity index (χ4v) is 1.76. The molecule has 2 aromatic rings. The molecule has 17 heavy (non-hydrogen) atoms. The second-order valence-electron chi connectivity index (χ2n) is 3.48. The Morgan fingerprint density at radius 3 is 2.29 bits per heavy atom. The van der Waals surface area contributed by atoms with Crippen LogP contribution in [0.3, 0.4) is 0 Å². The number of ketones is 1. The van der Waals surface area contributed by atoms with E-state index in [1.807, 2.05) is 42.5 Å². The van der Waals surface area contributed by atoms with Gasteiger partial charge in [-0.25, -0.2) is 0 Å². The van der Waals surface area contributed by atoms with Crippen LogP contribution in [0.2, 0.25) is 0 Å². The Bertz CT molecular complexity index is 429. The van der Waals surface area contributed by atoms with Crippen LogP contribution in [0.4, 0.5) is 0 Å². The molecular formula is C14H15BrFeO-6. The number of hydrogen-bond acceptors (Lipinski definition) is 1. The third-order valence-corrected chi connectivity index (χ3v) is 2.82. The third kappa shape index (κ3) is 5.49. The van der Waals surface area contributed by atoms with Crippen LogP contribution in [0.25, 0.3) is 0 Å². The molecule has 3 heteroatoms. The molecule has 0 aliphatic carbocycles. The van der Waals surface area contributed by atoms with E-state index in [1.54, 1.807) is 6.92 Å². The first-order valence-corrected chi connectivity index (χ1v) is 6.07. The molecule has 0 aliphatic rings. The number of carbonyl (C=O) groups excluding carboxylic acids is 1. The molecule has 0 bridgehead atoms. The zero-order valence-electron chi connectivity index (χ0n) is 9.89. The minimum Gasteiger partial charge on any atom is -0.747 e. The van der Waals surface area contributed by atoms with Gasteiger partial charge in [0.2, 0.25) is 0 Å². The van der Waals surface area contributed by atoms with Crippen molar-refractivity contribution in [1.82, 2.24) is 0 Å². The van der Waals surface area contributed by atoms with E-state index in [0.717, 1.165) is 22.0 Å². The predicted molar refractivity (Wildman–Crippen MR) is 71.2 cm³/mol. The molecule has 1 nitrogen and oxygen atoms in total. The smallest absolute Gasteiger partial charge is 0.0752 e. The van der Waals surface area contributed by atoms with Crippen molar-refractivity contribution in [2.45, 2.75) is 20.3 Å². The normalized spacial score (nSPS) is 8.88. The van der Waals surface area contributed by atoms with Gasteiger partial charge in [-0.15, -0.1) is 11.1 Å². The van der Waals surface area contributed by atoms with E-state index in [1.165, 1.54) is 0 Å². The quantitative estimate of drug-likeness (QED) is 0.453. The van der Waals surface area contributed by atoms with E-state index in [0.29, 0.717) is 0 Å². The van der Waals surface area contributed by atoms with Gasteiger partial charge in [-0.1, -0.05) is 13.3 Å². The predicted octanol–water partition coefficient (Wildman–Crippen LogP) is 4.34. The Morgan fingerprint density at radius 2 is 2.00 bits per heavy atom. The molecule has 0 saturated heterocycles. The van der Waals surface area contributed by atoms with Crippen LogP contribution in [0, 0.1) is 0 Å². The van der Waals surface area contributed by atoms with Crippen molar-refractivity contribution < 1.29 is 21.9 Å². The van der Waals surface area contributed by atoms with Crippen LogP contribution in [0.1, 0.15) is 29.8 Å². The van der Waals surface area contributed by atoms with E-state index in [-0.39, 0.29) is 22.9 Å². The van der Waals surface area contributed by atoms with Crippen molar-refractivity contribution in [2.75, 3.05) is 0 Å². The van der Waals surface area contributed by atoms with Crippen molar-refractivity contribution in [3.63, 3.8) is 0 Å². The Kier molecular flexibility index (Phi) is 8.15. The number of halogens is 1. The Hall–Kier alpha value is -0.631. The molecule has 0 unspecified atom stereocenters. The average Bonchev–Trinajstić information content (AvgIpc) is 2.87. The molecule has 2 rings (SSSR count). The summed E-state index contributed by atoms with van der Waals surface area (Å²) < 4.78 is 1.16. The van der Waals surface area contributed by atoms with Crippen LogP contribution in [-0.2, 0) is 23.5 Å². The minimum absolute atomic E-state index is 0. The topological polar surface area (TPSA) is 17.1 Å². The summed E-state index contributed by atoms with van der Waals surface area (Å²) in [4.78, 5) is 10.9. The van der Waals surface area contributed by atoms with Crippen LogP contribution in [0.5, 0.6) is 0 Å². The molecule has 0 aromatic heterocycles. The summed E-state index contributed by atoms with van der Waals surface area (Å²) in [6.07, 6.45) is 0.946. The third-order valence-electron chi connectivity index (χ3n) is 2.29. The van der Waals surface area contributed by atoms with Crippen LogP contribution < -0.4 is 0 Å². The van der Waals surface area contributed by atoms with Gasteiger partial charge in [-0.2, -0.15) is 18.2 Å². The summed E-state index contributed by atoms with van der Waals surface area (Å²) in [5, 5.41) is 0. The van der Waals surface area contributed by atoms with E-state index in [4.69, 9.17) is 0 Å². The van der Waals surface area contributed by atoms with Gasteiger partial charge in [0, 0.05) is 17.1 Å². The van der Waals surface area contributed by atoms with Gasteiger partial charge < -0.3 is 49.5 Å². The van der Waals surface area contributed by atoms with Gasteiger partial charge >= 0.3 is 0 Å². The van der Waals surface area contributed by atoms with Crippen molar-refractivity contribution in [3.05, 3.63) is 58.1 Å². The number of Topliss-reactive ketones (excluding diaryl/α,β-unsaturated/α-hetero) is 1. The molecule has 0 atom stereocenters. The summed E-state index contributed by atoms with van der Waals surface area (Å²) in [5.74, 6) is 0.168. The molecule has 2 aromatic carbocycles. The largest absolute Gasteiger partial charge is 0.747 e. The zero-order valence-corrected chi connectivity index (χ0v) is 12.6. The molecule has 0 amide bonds. The van der Waals surface area contributed by atoms with Crippen molar-refractivity contribution in [1.29, 1.82) is 0 Å². The summed E-state index contributed by atoms with van der Waals surface area (Å²) in [6, 6.07) is 13.8. The molecule has 0 fully saturated rings. The summed E-state index contributed by atoms with van der Waals surface area (Å²) in [5.41, 5.74) is 2.04. The number of rotatable bonds is 2. The van der Waals surface area contributed by atoms with Crippen molar-refractivity contribution >= 4 is 21.7 Å². The first kappa shape index (κ1) is 16.4. The van der Waals surface area contributed by atoms with Crippen LogP contribution in [0.15, 0.2) is 46.9 Å². The number of aryl methyl sites for hydroxylation is 1. The second-order valence-corrected chi connectivity index (χ2v) is 4.39. The molecule has 0 heterocycles. The molecular weight excluding hydrogens is 320 g/mol. The van der Waals surface area contributed by atoms with E-state index < -0.39 is 0 Å². The van der Waals surface area contributed by atoms with Crippen LogP contribution >= 0.6 is 15.9 Å². The maximum absolute atomic E-state index is 10.9. The standard InChI is InChI=1S/C9H11O.C5H4Br.Fe/c1-3-8-5-4-6-9(8)7(2)10;6-5-3-1-2-4-5;/h4-6H,3H2,1-2H3;1-4H;/q-1;-5;. The monoisotopic (exact) mass is 334 g/mol. The van der Waals surface area contributed by atoms with Crippen molar-refractivity contribution in [3.8, 4) is 0 Å². The molecule has 0 radical (unpaired) electrons. The number of carbonyl (C=O) groups is 1. The van der Waals surface area contributed by atoms with Gasteiger partial charge in [0.05, 0.1) is 5.78 Å². The summed E-state index contributed by atoms with van der Waals surface area (Å²) >= 11 is 3.28. The fourth-order valence-electron chi connectivity index (χ4n) is 1.46. The average molecular weight is 335 g/mol. The Balaban J connectivity index is 0.000000316. The number of hydrogen-bond donors (Lipinski definition) is 0. The summed E-state index contributed by atoms with van der Waals surface area (Å²) in [6.45, 7) is 3.66. The zero-order chi connectivity index (χ0) is 12.0. The maximum Gasteiger partial charge on any atom is 0.0752 e. The molecule has 0 N–H and O–H groups in total. The van der Waals surface area contributed by atoms with Crippen LogP contribution in [-0.4, -0.2) is 5.78 Å². The minimum atomic E-state index is 0.